The number of rotatable bonds is 4. The molecule has 0 fully saturated rings. The number of hydrogen-bond donors (Lipinski definition) is 1. The standard InChI is InChI=1S/C9H11N5O2/c1-2-13-6-10-3-7(13)4-14-5-8(9(15)16)11-12-14/h3,5-6H,2,4H2,1H3,(H,15,16). The number of hydrogen-bond acceptors (Lipinski definition) is 4. The van der Waals surface area contributed by atoms with Gasteiger partial charge in [-0.3, -0.25) is 0 Å². The van der Waals surface area contributed by atoms with Crippen molar-refractivity contribution >= 4 is 5.97 Å². The van der Waals surface area contributed by atoms with Gasteiger partial charge in [-0.2, -0.15) is 0 Å². The molecule has 16 heavy (non-hydrogen) atoms. The highest BCUT2D eigenvalue weighted by Gasteiger charge is 2.09. The molecule has 2 aromatic heterocycles. The Morgan fingerprint density at radius 3 is 3.00 bits per heavy atom. The Morgan fingerprint density at radius 1 is 1.56 bits per heavy atom. The van der Waals surface area contributed by atoms with Crippen molar-refractivity contribution in [1.29, 1.82) is 0 Å². The molecule has 0 unspecified atom stereocenters. The van der Waals surface area contributed by atoms with Crippen LogP contribution in [-0.4, -0.2) is 35.6 Å². The van der Waals surface area contributed by atoms with Crippen molar-refractivity contribution in [2.45, 2.75) is 20.0 Å². The molecule has 0 aliphatic heterocycles. The third kappa shape index (κ3) is 1.92. The first-order chi connectivity index (χ1) is 7.70. The summed E-state index contributed by atoms with van der Waals surface area (Å²) < 4.78 is 3.44. The Hall–Kier alpha value is -2.18. The summed E-state index contributed by atoms with van der Waals surface area (Å²) >= 11 is 0. The fraction of sp³-hybridized carbons (Fsp3) is 0.333. The number of carboxylic acids is 1. The van der Waals surface area contributed by atoms with Gasteiger partial charge in [0.1, 0.15) is 0 Å². The molecule has 2 aromatic rings. The second-order valence-electron chi connectivity index (χ2n) is 3.28. The summed E-state index contributed by atoms with van der Waals surface area (Å²) in [5.74, 6) is -1.07. The maximum absolute atomic E-state index is 10.6. The summed E-state index contributed by atoms with van der Waals surface area (Å²) in [6.45, 7) is 3.29. The van der Waals surface area contributed by atoms with Gasteiger partial charge in [0, 0.05) is 6.54 Å². The SMILES string of the molecule is CCn1cncc1Cn1cc(C(=O)O)nn1. The van der Waals surface area contributed by atoms with Crippen LogP contribution in [0.25, 0.3) is 0 Å². The molecule has 2 heterocycles. The lowest BCUT2D eigenvalue weighted by atomic mass is 10.4. The number of nitrogens with zero attached hydrogens (tertiary/aromatic N) is 5. The molecular weight excluding hydrogens is 210 g/mol. The molecule has 0 atom stereocenters. The number of aromatic nitrogens is 5. The molecule has 0 spiro atoms. The lowest BCUT2D eigenvalue weighted by molar-refractivity contribution is 0.0690. The van der Waals surface area contributed by atoms with Crippen LogP contribution in [-0.2, 0) is 13.1 Å². The van der Waals surface area contributed by atoms with Crippen molar-refractivity contribution < 1.29 is 9.90 Å². The van der Waals surface area contributed by atoms with Crippen LogP contribution in [0, 0.1) is 0 Å². The number of carbonyl (C=O) groups is 1. The highest BCUT2D eigenvalue weighted by molar-refractivity contribution is 5.84. The minimum atomic E-state index is -1.07. The first-order valence-corrected chi connectivity index (χ1v) is 4.83. The lowest BCUT2D eigenvalue weighted by Crippen LogP contribution is -2.06. The molecule has 0 radical (unpaired) electrons. The zero-order valence-electron chi connectivity index (χ0n) is 8.74. The summed E-state index contributed by atoms with van der Waals surface area (Å²) in [6, 6.07) is 0. The molecule has 0 aliphatic rings. The van der Waals surface area contributed by atoms with Gasteiger partial charge in [0.25, 0.3) is 0 Å². The van der Waals surface area contributed by atoms with E-state index in [1.165, 1.54) is 10.9 Å². The normalized spacial score (nSPS) is 10.6. The van der Waals surface area contributed by atoms with Crippen molar-refractivity contribution in [3.63, 3.8) is 0 Å². The Bertz CT molecular complexity index is 501. The molecule has 7 heteroatoms. The van der Waals surface area contributed by atoms with Crippen LogP contribution in [0.15, 0.2) is 18.7 Å². The van der Waals surface area contributed by atoms with Gasteiger partial charge < -0.3 is 9.67 Å². The third-order valence-corrected chi connectivity index (χ3v) is 2.22. The monoisotopic (exact) mass is 221 g/mol. The smallest absolute Gasteiger partial charge is 0.358 e. The quantitative estimate of drug-likeness (QED) is 0.799. The van der Waals surface area contributed by atoms with Gasteiger partial charge >= 0.3 is 5.97 Å². The van der Waals surface area contributed by atoms with Crippen LogP contribution >= 0.6 is 0 Å². The van der Waals surface area contributed by atoms with E-state index < -0.39 is 5.97 Å². The lowest BCUT2D eigenvalue weighted by Gasteiger charge is -2.03. The minimum absolute atomic E-state index is 0.0532. The van der Waals surface area contributed by atoms with Crippen molar-refractivity contribution in [3.05, 3.63) is 30.1 Å². The Labute approximate surface area is 91.3 Å². The Balaban J connectivity index is 2.17. The summed E-state index contributed by atoms with van der Waals surface area (Å²) in [7, 11) is 0. The fourth-order valence-corrected chi connectivity index (χ4v) is 1.40. The Kier molecular flexibility index (Phi) is 2.67. The predicted molar refractivity (Wildman–Crippen MR) is 54.0 cm³/mol. The second-order valence-corrected chi connectivity index (χ2v) is 3.28. The van der Waals surface area contributed by atoms with Gasteiger partial charge in [-0.1, -0.05) is 5.21 Å². The van der Waals surface area contributed by atoms with Crippen LogP contribution in [0.4, 0.5) is 0 Å². The van der Waals surface area contributed by atoms with Crippen LogP contribution in [0.3, 0.4) is 0 Å². The first-order valence-electron chi connectivity index (χ1n) is 4.83. The number of aromatic carboxylic acids is 1. The molecule has 2 rings (SSSR count). The molecule has 84 valence electrons. The van der Waals surface area contributed by atoms with Gasteiger partial charge in [-0.15, -0.1) is 5.10 Å². The fourth-order valence-electron chi connectivity index (χ4n) is 1.40. The van der Waals surface area contributed by atoms with Crippen molar-refractivity contribution in [3.8, 4) is 0 Å². The van der Waals surface area contributed by atoms with E-state index in [0.29, 0.717) is 6.54 Å². The molecule has 7 nitrogen and oxygen atoms in total. The molecule has 0 bridgehead atoms. The van der Waals surface area contributed by atoms with Crippen LogP contribution in [0.5, 0.6) is 0 Å². The van der Waals surface area contributed by atoms with Gasteiger partial charge in [0.05, 0.1) is 31.0 Å². The average molecular weight is 221 g/mol. The summed E-state index contributed by atoms with van der Waals surface area (Å²) in [5, 5.41) is 16.0. The van der Waals surface area contributed by atoms with Crippen molar-refractivity contribution in [1.82, 2.24) is 24.5 Å². The summed E-state index contributed by atoms with van der Waals surface area (Å²) in [5.41, 5.74) is 0.909. The summed E-state index contributed by atoms with van der Waals surface area (Å²) in [6.07, 6.45) is 4.85. The largest absolute Gasteiger partial charge is 0.476 e. The second kappa shape index (κ2) is 4.13. The molecular formula is C9H11N5O2. The van der Waals surface area contributed by atoms with Gasteiger partial charge in [-0.25, -0.2) is 14.5 Å². The van der Waals surface area contributed by atoms with Gasteiger partial charge in [0.2, 0.25) is 0 Å². The van der Waals surface area contributed by atoms with E-state index in [-0.39, 0.29) is 5.69 Å². The van der Waals surface area contributed by atoms with E-state index in [2.05, 4.69) is 15.3 Å². The first kappa shape index (κ1) is 10.3. The zero-order valence-corrected chi connectivity index (χ0v) is 8.74. The van der Waals surface area contributed by atoms with E-state index in [1.807, 2.05) is 11.5 Å². The van der Waals surface area contributed by atoms with Crippen LogP contribution < -0.4 is 0 Å². The van der Waals surface area contributed by atoms with E-state index in [9.17, 15) is 4.79 Å². The topological polar surface area (TPSA) is 85.8 Å². The maximum atomic E-state index is 10.6. The van der Waals surface area contributed by atoms with Crippen molar-refractivity contribution in [2.75, 3.05) is 0 Å². The van der Waals surface area contributed by atoms with Crippen LogP contribution in [0.2, 0.25) is 0 Å². The van der Waals surface area contributed by atoms with Crippen LogP contribution in [0.1, 0.15) is 23.1 Å². The van der Waals surface area contributed by atoms with E-state index in [4.69, 9.17) is 5.11 Å². The Morgan fingerprint density at radius 2 is 2.38 bits per heavy atom. The third-order valence-electron chi connectivity index (χ3n) is 2.22. The van der Waals surface area contributed by atoms with Gasteiger partial charge in [0.15, 0.2) is 5.69 Å². The van der Waals surface area contributed by atoms with Crippen molar-refractivity contribution in [2.24, 2.45) is 0 Å². The maximum Gasteiger partial charge on any atom is 0.358 e. The van der Waals surface area contributed by atoms with Gasteiger partial charge in [-0.05, 0) is 6.92 Å². The minimum Gasteiger partial charge on any atom is -0.476 e. The predicted octanol–water partition coefficient (Wildman–Crippen LogP) is 0.241. The summed E-state index contributed by atoms with van der Waals surface area (Å²) in [4.78, 5) is 14.6. The molecule has 1 N–H and O–H groups in total. The molecule has 0 aromatic carbocycles. The zero-order chi connectivity index (χ0) is 11.5. The van der Waals surface area contributed by atoms with E-state index >= 15 is 0 Å². The average Bonchev–Trinajstić information content (AvgIpc) is 2.87. The number of aryl methyl sites for hydroxylation is 1. The van der Waals surface area contributed by atoms with E-state index in [1.54, 1.807) is 12.5 Å². The molecule has 0 saturated heterocycles. The molecule has 0 amide bonds. The number of imidazole rings is 1. The highest BCUT2D eigenvalue weighted by Crippen LogP contribution is 2.02. The molecule has 0 aliphatic carbocycles. The molecule has 0 saturated carbocycles. The number of carboxylic acid groups (broad SMARTS) is 1. The highest BCUT2D eigenvalue weighted by atomic mass is 16.4. The van der Waals surface area contributed by atoms with E-state index in [0.717, 1.165) is 12.2 Å².